The van der Waals surface area contributed by atoms with E-state index in [0.29, 0.717) is 24.9 Å². The van der Waals surface area contributed by atoms with E-state index in [1.54, 1.807) is 14.2 Å². The minimum Gasteiger partial charge on any atom is -0.493 e. The molecule has 0 saturated heterocycles. The summed E-state index contributed by atoms with van der Waals surface area (Å²) in [5.41, 5.74) is 2.08. The van der Waals surface area contributed by atoms with Crippen LogP contribution in [0.25, 0.3) is 0 Å². The van der Waals surface area contributed by atoms with Crippen molar-refractivity contribution in [2.45, 2.75) is 13.5 Å². The topological polar surface area (TPSA) is 59.8 Å². The van der Waals surface area contributed by atoms with Crippen LogP contribution in [0.15, 0.2) is 41.7 Å². The number of nitrogens with zero attached hydrogens (tertiary/aromatic N) is 2. The first kappa shape index (κ1) is 20.1. The summed E-state index contributed by atoms with van der Waals surface area (Å²) in [6.45, 7) is 3.25. The molecular formula is C17H25IN4O2. The zero-order chi connectivity index (χ0) is 16.7. The molecule has 24 heavy (non-hydrogen) atoms. The van der Waals surface area contributed by atoms with Gasteiger partial charge in [-0.3, -0.25) is 4.99 Å². The van der Waals surface area contributed by atoms with E-state index in [1.165, 1.54) is 5.56 Å². The van der Waals surface area contributed by atoms with Crippen molar-refractivity contribution in [2.24, 2.45) is 12.0 Å². The molecule has 0 spiro atoms. The van der Waals surface area contributed by atoms with Gasteiger partial charge >= 0.3 is 0 Å². The van der Waals surface area contributed by atoms with Crippen LogP contribution in [0.3, 0.4) is 0 Å². The van der Waals surface area contributed by atoms with Gasteiger partial charge in [-0.2, -0.15) is 0 Å². The number of aromatic nitrogens is 1. The zero-order valence-corrected chi connectivity index (χ0v) is 16.8. The van der Waals surface area contributed by atoms with Crippen molar-refractivity contribution < 1.29 is 9.47 Å². The summed E-state index contributed by atoms with van der Waals surface area (Å²) < 4.78 is 12.9. The number of guanidine groups is 1. The number of hydrogen-bond acceptors (Lipinski definition) is 3. The van der Waals surface area contributed by atoms with Crippen LogP contribution in [0.2, 0.25) is 0 Å². The first-order valence-corrected chi connectivity index (χ1v) is 7.55. The molecule has 0 unspecified atom stereocenters. The lowest BCUT2D eigenvalue weighted by Gasteiger charge is -2.14. The molecule has 0 aliphatic carbocycles. The standard InChI is InChI=1S/C17H24N4O2.HI/c1-5-23-15-7-6-14(10-16(15)22-4)20-17(18-2)19-11-13-8-9-21(3)12-13;/h6-10,12H,5,11H2,1-4H3,(H2,18,19,20);1H. The Morgan fingerprint density at radius 3 is 2.62 bits per heavy atom. The van der Waals surface area contributed by atoms with Crippen molar-refractivity contribution in [2.75, 3.05) is 26.1 Å². The number of anilines is 1. The third kappa shape index (κ3) is 5.63. The fraction of sp³-hybridized carbons (Fsp3) is 0.353. The van der Waals surface area contributed by atoms with Gasteiger partial charge in [0.2, 0.25) is 0 Å². The Morgan fingerprint density at radius 1 is 1.25 bits per heavy atom. The Labute approximate surface area is 160 Å². The maximum Gasteiger partial charge on any atom is 0.195 e. The Balaban J connectivity index is 0.00000288. The minimum absolute atomic E-state index is 0. The van der Waals surface area contributed by atoms with Gasteiger partial charge in [-0.25, -0.2) is 0 Å². The quantitative estimate of drug-likeness (QED) is 0.408. The van der Waals surface area contributed by atoms with Gasteiger partial charge in [-0.15, -0.1) is 24.0 Å². The average molecular weight is 444 g/mol. The van der Waals surface area contributed by atoms with Gasteiger partial charge in [0.1, 0.15) is 0 Å². The predicted molar refractivity (Wildman–Crippen MR) is 109 cm³/mol. The van der Waals surface area contributed by atoms with Gasteiger partial charge in [0.15, 0.2) is 17.5 Å². The highest BCUT2D eigenvalue weighted by atomic mass is 127. The first-order chi connectivity index (χ1) is 11.2. The summed E-state index contributed by atoms with van der Waals surface area (Å²) in [6.07, 6.45) is 4.09. The third-order valence-corrected chi connectivity index (χ3v) is 3.30. The molecule has 6 nitrogen and oxygen atoms in total. The van der Waals surface area contributed by atoms with E-state index in [0.717, 1.165) is 11.4 Å². The second-order valence-electron chi connectivity index (χ2n) is 5.03. The van der Waals surface area contributed by atoms with E-state index in [9.17, 15) is 0 Å². The fourth-order valence-corrected chi connectivity index (χ4v) is 2.19. The van der Waals surface area contributed by atoms with Crippen LogP contribution >= 0.6 is 24.0 Å². The molecule has 1 aromatic heterocycles. The van der Waals surface area contributed by atoms with Crippen molar-refractivity contribution in [3.63, 3.8) is 0 Å². The molecule has 1 heterocycles. The number of halogens is 1. The number of hydrogen-bond donors (Lipinski definition) is 2. The Morgan fingerprint density at radius 2 is 2.04 bits per heavy atom. The average Bonchev–Trinajstić information content (AvgIpc) is 2.98. The molecule has 0 radical (unpaired) electrons. The van der Waals surface area contributed by atoms with E-state index in [-0.39, 0.29) is 24.0 Å². The summed E-state index contributed by atoms with van der Waals surface area (Å²) in [5.74, 6) is 2.11. The molecule has 0 atom stereocenters. The molecule has 0 aliphatic heterocycles. The number of benzene rings is 1. The van der Waals surface area contributed by atoms with E-state index >= 15 is 0 Å². The molecule has 2 N–H and O–H groups in total. The van der Waals surface area contributed by atoms with E-state index in [4.69, 9.17) is 9.47 Å². The van der Waals surface area contributed by atoms with Gasteiger partial charge in [-0.1, -0.05) is 0 Å². The van der Waals surface area contributed by atoms with Gasteiger partial charge < -0.3 is 24.7 Å². The Kier molecular flexibility index (Phi) is 8.45. The van der Waals surface area contributed by atoms with Crippen molar-refractivity contribution in [1.29, 1.82) is 0 Å². The van der Waals surface area contributed by atoms with Crippen LogP contribution in [-0.2, 0) is 13.6 Å². The molecule has 0 saturated carbocycles. The molecule has 0 aliphatic rings. The normalized spacial score (nSPS) is 10.8. The number of ether oxygens (including phenoxy) is 2. The van der Waals surface area contributed by atoms with Crippen molar-refractivity contribution in [3.8, 4) is 11.5 Å². The lowest BCUT2D eigenvalue weighted by atomic mass is 10.2. The van der Waals surface area contributed by atoms with Crippen LogP contribution < -0.4 is 20.1 Å². The smallest absolute Gasteiger partial charge is 0.195 e. The zero-order valence-electron chi connectivity index (χ0n) is 14.5. The highest BCUT2D eigenvalue weighted by molar-refractivity contribution is 14.0. The molecule has 2 rings (SSSR count). The molecule has 7 heteroatoms. The maximum atomic E-state index is 5.52. The van der Waals surface area contributed by atoms with Crippen LogP contribution in [0.5, 0.6) is 11.5 Å². The monoisotopic (exact) mass is 444 g/mol. The second-order valence-corrected chi connectivity index (χ2v) is 5.03. The van der Waals surface area contributed by atoms with Crippen LogP contribution in [0.4, 0.5) is 5.69 Å². The number of rotatable bonds is 6. The Bertz CT molecular complexity index is 670. The summed E-state index contributed by atoms with van der Waals surface area (Å²) in [4.78, 5) is 4.24. The number of methoxy groups -OCH3 is 1. The lowest BCUT2D eigenvalue weighted by molar-refractivity contribution is 0.311. The van der Waals surface area contributed by atoms with Gasteiger partial charge in [-0.05, 0) is 30.7 Å². The lowest BCUT2D eigenvalue weighted by Crippen LogP contribution is -2.30. The van der Waals surface area contributed by atoms with Crippen molar-refractivity contribution >= 4 is 35.6 Å². The van der Waals surface area contributed by atoms with Crippen LogP contribution in [0, 0.1) is 0 Å². The van der Waals surface area contributed by atoms with E-state index in [2.05, 4.69) is 27.9 Å². The predicted octanol–water partition coefficient (Wildman–Crippen LogP) is 3.24. The first-order valence-electron chi connectivity index (χ1n) is 7.55. The number of nitrogens with one attached hydrogen (secondary N) is 2. The van der Waals surface area contributed by atoms with Gasteiger partial charge in [0.05, 0.1) is 13.7 Å². The molecule has 0 fully saturated rings. The summed E-state index contributed by atoms with van der Waals surface area (Å²) >= 11 is 0. The largest absolute Gasteiger partial charge is 0.493 e. The molecule has 2 aromatic rings. The highest BCUT2D eigenvalue weighted by Crippen LogP contribution is 2.30. The van der Waals surface area contributed by atoms with E-state index < -0.39 is 0 Å². The SMILES string of the molecule is CCOc1ccc(NC(=NC)NCc2ccn(C)c2)cc1OC.I. The van der Waals surface area contributed by atoms with Crippen molar-refractivity contribution in [1.82, 2.24) is 9.88 Å². The number of aliphatic imine (C=N–C) groups is 1. The van der Waals surface area contributed by atoms with Crippen LogP contribution in [0.1, 0.15) is 12.5 Å². The molecule has 0 amide bonds. The van der Waals surface area contributed by atoms with Crippen molar-refractivity contribution in [3.05, 3.63) is 42.2 Å². The number of aryl methyl sites for hydroxylation is 1. The highest BCUT2D eigenvalue weighted by Gasteiger charge is 2.07. The summed E-state index contributed by atoms with van der Waals surface area (Å²) in [6, 6.07) is 7.78. The molecular weight excluding hydrogens is 419 g/mol. The molecule has 1 aromatic carbocycles. The minimum atomic E-state index is 0. The molecule has 0 bridgehead atoms. The van der Waals surface area contributed by atoms with Gasteiger partial charge in [0, 0.05) is 44.8 Å². The Hall–Kier alpha value is -1.90. The summed E-state index contributed by atoms with van der Waals surface area (Å²) in [7, 11) is 5.37. The second kappa shape index (κ2) is 10.1. The van der Waals surface area contributed by atoms with Crippen LogP contribution in [-0.4, -0.2) is 31.3 Å². The van der Waals surface area contributed by atoms with E-state index in [1.807, 2.05) is 42.9 Å². The third-order valence-electron chi connectivity index (χ3n) is 3.30. The molecule has 132 valence electrons. The summed E-state index contributed by atoms with van der Waals surface area (Å²) in [5, 5.41) is 6.52. The fourth-order valence-electron chi connectivity index (χ4n) is 2.19. The van der Waals surface area contributed by atoms with Gasteiger partial charge in [0.25, 0.3) is 0 Å². The maximum absolute atomic E-state index is 5.52.